The van der Waals surface area contributed by atoms with Gasteiger partial charge in [0.05, 0.1) is 6.54 Å². The van der Waals surface area contributed by atoms with Gasteiger partial charge in [-0.2, -0.15) is 0 Å². The molecule has 0 aromatic rings. The van der Waals surface area contributed by atoms with E-state index in [2.05, 4.69) is 10.6 Å². The molecule has 3 unspecified atom stereocenters. The summed E-state index contributed by atoms with van der Waals surface area (Å²) in [7, 11) is 0. The van der Waals surface area contributed by atoms with Crippen LogP contribution >= 0.6 is 0 Å². The predicted octanol–water partition coefficient (Wildman–Crippen LogP) is -2.62. The van der Waals surface area contributed by atoms with Gasteiger partial charge in [-0.05, 0) is 45.1 Å². The van der Waals surface area contributed by atoms with Gasteiger partial charge in [-0.25, -0.2) is 4.79 Å². The van der Waals surface area contributed by atoms with Gasteiger partial charge >= 0.3 is 5.97 Å². The lowest BCUT2D eigenvalue weighted by Crippen LogP contribution is -2.55. The first-order valence-electron chi connectivity index (χ1n) is 10.0. The van der Waals surface area contributed by atoms with Crippen LogP contribution in [0, 0.1) is 0 Å². The molecule has 0 aliphatic carbocycles. The molecule has 0 saturated carbocycles. The van der Waals surface area contributed by atoms with E-state index in [9.17, 15) is 29.1 Å². The largest absolute Gasteiger partial charge is 0.480 e. The summed E-state index contributed by atoms with van der Waals surface area (Å²) in [6.07, 6.45) is 2.04. The maximum Gasteiger partial charge on any atom is 0.326 e. The van der Waals surface area contributed by atoms with Crippen molar-refractivity contribution in [2.24, 2.45) is 17.2 Å². The van der Waals surface area contributed by atoms with Crippen molar-refractivity contribution in [3.63, 3.8) is 0 Å². The minimum Gasteiger partial charge on any atom is -0.480 e. The van der Waals surface area contributed by atoms with E-state index in [1.807, 2.05) is 0 Å². The number of amides is 4. The zero-order valence-electron chi connectivity index (χ0n) is 17.0. The van der Waals surface area contributed by atoms with Crippen LogP contribution in [0.1, 0.15) is 44.9 Å². The highest BCUT2D eigenvalue weighted by molar-refractivity contribution is 5.94. The lowest BCUT2D eigenvalue weighted by molar-refractivity contribution is -0.143. The third-order valence-corrected chi connectivity index (χ3v) is 4.92. The number of nitrogens with two attached hydrogens (primary N) is 3. The van der Waals surface area contributed by atoms with E-state index in [0.29, 0.717) is 38.8 Å². The zero-order valence-corrected chi connectivity index (χ0v) is 17.0. The fourth-order valence-electron chi connectivity index (χ4n) is 3.30. The summed E-state index contributed by atoms with van der Waals surface area (Å²) >= 11 is 0. The number of carbonyl (C=O) groups excluding carboxylic acids is 4. The second kappa shape index (κ2) is 12.8. The van der Waals surface area contributed by atoms with Crippen molar-refractivity contribution in [1.29, 1.82) is 0 Å². The van der Waals surface area contributed by atoms with Crippen molar-refractivity contribution in [2.45, 2.75) is 63.1 Å². The van der Waals surface area contributed by atoms with Gasteiger partial charge in [0.1, 0.15) is 18.1 Å². The van der Waals surface area contributed by atoms with Crippen molar-refractivity contribution < 1.29 is 29.1 Å². The van der Waals surface area contributed by atoms with Crippen LogP contribution in [0.5, 0.6) is 0 Å². The van der Waals surface area contributed by atoms with E-state index in [1.54, 1.807) is 0 Å². The van der Waals surface area contributed by atoms with Gasteiger partial charge in [0.15, 0.2) is 0 Å². The number of likely N-dealkylation sites (tertiary alicyclic amines) is 1. The highest BCUT2D eigenvalue weighted by Crippen LogP contribution is 2.18. The monoisotopic (exact) mass is 428 g/mol. The van der Waals surface area contributed by atoms with Gasteiger partial charge in [0.25, 0.3) is 0 Å². The molecule has 1 heterocycles. The van der Waals surface area contributed by atoms with Crippen molar-refractivity contribution in [2.75, 3.05) is 19.6 Å². The van der Waals surface area contributed by atoms with Gasteiger partial charge < -0.3 is 37.8 Å². The van der Waals surface area contributed by atoms with Crippen LogP contribution in [0.4, 0.5) is 0 Å². The van der Waals surface area contributed by atoms with E-state index in [0.717, 1.165) is 0 Å². The molecule has 0 radical (unpaired) electrons. The average Bonchev–Trinajstić information content (AvgIpc) is 3.19. The maximum absolute atomic E-state index is 12.7. The van der Waals surface area contributed by atoms with Gasteiger partial charge in [0, 0.05) is 13.0 Å². The molecular formula is C18H32N6O6. The van der Waals surface area contributed by atoms with Crippen molar-refractivity contribution in [3.8, 4) is 0 Å². The van der Waals surface area contributed by atoms with Crippen LogP contribution < -0.4 is 27.8 Å². The number of primary amides is 1. The Morgan fingerprint density at radius 1 is 1.03 bits per heavy atom. The van der Waals surface area contributed by atoms with E-state index in [-0.39, 0.29) is 31.7 Å². The molecule has 1 rings (SSSR count). The third-order valence-electron chi connectivity index (χ3n) is 4.92. The molecule has 1 fully saturated rings. The summed E-state index contributed by atoms with van der Waals surface area (Å²) in [5.74, 6) is -3.55. The van der Waals surface area contributed by atoms with Crippen molar-refractivity contribution in [3.05, 3.63) is 0 Å². The number of carboxylic acids is 1. The topological polar surface area (TPSA) is 211 Å². The standard InChI is InChI=1S/C18H32N6O6/c19-8-2-1-4-12(18(29)30)23-16(27)11(6-7-14(21)25)22-17(28)13-5-3-9-24(13)15(26)10-20/h11-13H,1-10,19-20H2,(H2,21,25)(H,22,28)(H,23,27)(H,29,30). The summed E-state index contributed by atoms with van der Waals surface area (Å²) in [6, 6.07) is -3.10. The fourth-order valence-corrected chi connectivity index (χ4v) is 3.30. The van der Waals surface area contributed by atoms with Gasteiger partial charge in [-0.1, -0.05) is 0 Å². The molecule has 1 aliphatic rings. The van der Waals surface area contributed by atoms with E-state index >= 15 is 0 Å². The zero-order chi connectivity index (χ0) is 22.7. The molecule has 0 aromatic heterocycles. The quantitative estimate of drug-likeness (QED) is 0.171. The molecule has 30 heavy (non-hydrogen) atoms. The Kier molecular flexibility index (Phi) is 10.8. The van der Waals surface area contributed by atoms with Crippen LogP contribution in [-0.4, -0.2) is 77.4 Å². The number of aliphatic carboxylic acids is 1. The molecule has 1 aliphatic heterocycles. The Labute approximate surface area is 174 Å². The van der Waals surface area contributed by atoms with Gasteiger partial charge in [-0.3, -0.25) is 19.2 Å². The van der Waals surface area contributed by atoms with Crippen LogP contribution in [0.25, 0.3) is 0 Å². The molecule has 0 aromatic carbocycles. The molecule has 12 nitrogen and oxygen atoms in total. The first-order chi connectivity index (χ1) is 14.2. The Bertz CT molecular complexity index is 643. The number of carboxylic acid groups (broad SMARTS) is 1. The lowest BCUT2D eigenvalue weighted by atomic mass is 10.1. The highest BCUT2D eigenvalue weighted by Gasteiger charge is 2.35. The molecule has 3 atom stereocenters. The second-order valence-corrected chi connectivity index (χ2v) is 7.20. The SMILES string of the molecule is NCCCCC(NC(=O)C(CCC(N)=O)NC(=O)C1CCCN1C(=O)CN)C(=O)O. The fraction of sp³-hybridized carbons (Fsp3) is 0.722. The normalized spacial score (nSPS) is 17.8. The number of rotatable bonds is 13. The van der Waals surface area contributed by atoms with Gasteiger partial charge in [0.2, 0.25) is 23.6 Å². The Balaban J connectivity index is 2.84. The average molecular weight is 428 g/mol. The Morgan fingerprint density at radius 3 is 2.30 bits per heavy atom. The summed E-state index contributed by atoms with van der Waals surface area (Å²) in [5.41, 5.74) is 15.9. The van der Waals surface area contributed by atoms with E-state index in [4.69, 9.17) is 17.2 Å². The second-order valence-electron chi connectivity index (χ2n) is 7.20. The maximum atomic E-state index is 12.7. The predicted molar refractivity (Wildman–Crippen MR) is 107 cm³/mol. The molecule has 12 heteroatoms. The first kappa shape index (κ1) is 25.3. The lowest BCUT2D eigenvalue weighted by Gasteiger charge is -2.26. The first-order valence-corrected chi connectivity index (χ1v) is 10.0. The Hall–Kier alpha value is -2.73. The highest BCUT2D eigenvalue weighted by atomic mass is 16.4. The third kappa shape index (κ3) is 7.95. The minimum absolute atomic E-state index is 0.0976. The summed E-state index contributed by atoms with van der Waals surface area (Å²) < 4.78 is 0. The molecule has 0 spiro atoms. The molecule has 170 valence electrons. The van der Waals surface area contributed by atoms with Crippen LogP contribution in [0.2, 0.25) is 0 Å². The minimum atomic E-state index is -1.21. The molecular weight excluding hydrogens is 396 g/mol. The van der Waals surface area contributed by atoms with E-state index in [1.165, 1.54) is 4.90 Å². The molecule has 1 saturated heterocycles. The van der Waals surface area contributed by atoms with Crippen LogP contribution in [-0.2, 0) is 24.0 Å². The summed E-state index contributed by atoms with van der Waals surface area (Å²) in [6.45, 7) is 0.546. The van der Waals surface area contributed by atoms with Crippen LogP contribution in [0.3, 0.4) is 0 Å². The molecule has 4 amide bonds. The van der Waals surface area contributed by atoms with Crippen molar-refractivity contribution in [1.82, 2.24) is 15.5 Å². The number of hydrogen-bond donors (Lipinski definition) is 6. The number of unbranched alkanes of at least 4 members (excludes halogenated alkanes) is 1. The molecule has 0 bridgehead atoms. The number of nitrogens with one attached hydrogen (secondary N) is 2. The summed E-state index contributed by atoms with van der Waals surface area (Å²) in [4.78, 5) is 61.2. The Morgan fingerprint density at radius 2 is 1.73 bits per heavy atom. The summed E-state index contributed by atoms with van der Waals surface area (Å²) in [5, 5.41) is 14.3. The van der Waals surface area contributed by atoms with E-state index < -0.39 is 41.8 Å². The van der Waals surface area contributed by atoms with Crippen molar-refractivity contribution >= 4 is 29.6 Å². The number of hydrogen-bond acceptors (Lipinski definition) is 7. The smallest absolute Gasteiger partial charge is 0.326 e. The molecule has 9 N–H and O–H groups in total. The van der Waals surface area contributed by atoms with Gasteiger partial charge in [-0.15, -0.1) is 0 Å². The van der Waals surface area contributed by atoms with Crippen LogP contribution in [0.15, 0.2) is 0 Å². The number of nitrogens with zero attached hydrogens (tertiary/aromatic N) is 1. The number of carbonyl (C=O) groups is 5.